The highest BCUT2D eigenvalue weighted by Gasteiger charge is 2.21. The molecule has 0 amide bonds. The summed E-state index contributed by atoms with van der Waals surface area (Å²) in [5, 5.41) is 10.6. The Labute approximate surface area is 109 Å². The molecule has 1 fully saturated rings. The molecule has 1 aliphatic rings. The van der Waals surface area contributed by atoms with Crippen molar-refractivity contribution < 1.29 is 5.11 Å². The molecule has 0 spiro atoms. The highest BCUT2D eigenvalue weighted by molar-refractivity contribution is 8.06. The fourth-order valence-corrected chi connectivity index (χ4v) is 4.86. The topological polar surface area (TPSA) is 20.2 Å². The van der Waals surface area contributed by atoms with Gasteiger partial charge >= 0.3 is 0 Å². The number of thioether (sulfide) groups is 2. The van der Waals surface area contributed by atoms with Crippen molar-refractivity contribution in [3.8, 4) is 0 Å². The van der Waals surface area contributed by atoms with Crippen molar-refractivity contribution in [3.05, 3.63) is 0 Å². The van der Waals surface area contributed by atoms with Crippen molar-refractivity contribution in [2.45, 2.75) is 63.2 Å². The van der Waals surface area contributed by atoms with Crippen LogP contribution in [0.1, 0.15) is 51.9 Å². The van der Waals surface area contributed by atoms with E-state index in [0.717, 1.165) is 12.2 Å². The largest absolute Gasteiger partial charge is 0.392 e. The van der Waals surface area contributed by atoms with Gasteiger partial charge in [-0.05, 0) is 6.42 Å². The molecule has 0 saturated carbocycles. The average Bonchev–Trinajstić information content (AvgIpc) is 2.34. The Hall–Kier alpha value is 0.660. The van der Waals surface area contributed by atoms with Crippen molar-refractivity contribution in [2.24, 2.45) is 0 Å². The molecule has 0 aromatic rings. The van der Waals surface area contributed by atoms with Gasteiger partial charge < -0.3 is 5.11 Å². The Bertz CT molecular complexity index is 158. The lowest BCUT2D eigenvalue weighted by Gasteiger charge is -2.25. The summed E-state index contributed by atoms with van der Waals surface area (Å²) in [4.78, 5) is 0. The first kappa shape index (κ1) is 14.7. The number of unbranched alkanes of at least 4 members (excludes halogenated alkanes) is 5. The molecule has 1 rings (SSSR count). The third-order valence-electron chi connectivity index (χ3n) is 3.12. The Kier molecular flexibility index (Phi) is 8.89. The summed E-state index contributed by atoms with van der Waals surface area (Å²) in [6, 6.07) is 0. The van der Waals surface area contributed by atoms with Gasteiger partial charge in [0, 0.05) is 22.5 Å². The Morgan fingerprint density at radius 2 is 1.88 bits per heavy atom. The number of hydrogen-bond donors (Lipinski definition) is 1. The van der Waals surface area contributed by atoms with Crippen LogP contribution >= 0.6 is 23.5 Å². The number of aliphatic hydroxyl groups excluding tert-OH is 1. The minimum absolute atomic E-state index is 0.0519. The lowest BCUT2D eigenvalue weighted by Crippen LogP contribution is -2.28. The van der Waals surface area contributed by atoms with E-state index in [0.29, 0.717) is 5.25 Å². The minimum atomic E-state index is -0.0519. The van der Waals surface area contributed by atoms with Crippen LogP contribution in [0, 0.1) is 0 Å². The molecule has 16 heavy (non-hydrogen) atoms. The number of rotatable bonds is 8. The molecular formula is C13H26OS2. The number of hydrogen-bond acceptors (Lipinski definition) is 3. The summed E-state index contributed by atoms with van der Waals surface area (Å²) >= 11 is 3.97. The maximum atomic E-state index is 10.0. The molecular weight excluding hydrogens is 236 g/mol. The molecule has 2 atom stereocenters. The van der Waals surface area contributed by atoms with Crippen LogP contribution in [0.2, 0.25) is 0 Å². The molecule has 1 aliphatic heterocycles. The first-order chi connectivity index (χ1) is 7.84. The molecule has 96 valence electrons. The second-order valence-electron chi connectivity index (χ2n) is 4.61. The van der Waals surface area contributed by atoms with Crippen LogP contribution in [0.4, 0.5) is 0 Å². The van der Waals surface area contributed by atoms with Crippen LogP contribution in [-0.2, 0) is 0 Å². The van der Waals surface area contributed by atoms with E-state index in [1.807, 2.05) is 23.5 Å². The van der Waals surface area contributed by atoms with Gasteiger partial charge in [0.1, 0.15) is 0 Å². The molecule has 0 radical (unpaired) electrons. The van der Waals surface area contributed by atoms with Crippen molar-refractivity contribution in [1.82, 2.24) is 0 Å². The van der Waals surface area contributed by atoms with Gasteiger partial charge in [0.15, 0.2) is 0 Å². The van der Waals surface area contributed by atoms with Crippen molar-refractivity contribution >= 4 is 23.5 Å². The van der Waals surface area contributed by atoms with Gasteiger partial charge in [0.05, 0.1) is 6.10 Å². The first-order valence-corrected chi connectivity index (χ1v) is 8.92. The second-order valence-corrected chi connectivity index (χ2v) is 7.10. The zero-order chi connectivity index (χ0) is 11.6. The summed E-state index contributed by atoms with van der Waals surface area (Å²) in [5.74, 6) is 3.65. The van der Waals surface area contributed by atoms with Crippen molar-refractivity contribution in [2.75, 3.05) is 17.3 Å². The Balaban J connectivity index is 1.94. The summed E-state index contributed by atoms with van der Waals surface area (Å²) in [5.41, 5.74) is 0. The van der Waals surface area contributed by atoms with Crippen LogP contribution in [0.3, 0.4) is 0 Å². The summed E-state index contributed by atoms with van der Waals surface area (Å²) < 4.78 is 0. The smallest absolute Gasteiger partial charge is 0.0666 e. The van der Waals surface area contributed by atoms with E-state index in [-0.39, 0.29) is 6.10 Å². The van der Waals surface area contributed by atoms with Crippen LogP contribution in [0.15, 0.2) is 0 Å². The van der Waals surface area contributed by atoms with Crippen LogP contribution in [0.25, 0.3) is 0 Å². The SMILES string of the molecule is CCCCCCCCC(O)C1CSCCS1. The molecule has 0 aromatic carbocycles. The fourth-order valence-electron chi connectivity index (χ4n) is 2.05. The van der Waals surface area contributed by atoms with Gasteiger partial charge in [0.25, 0.3) is 0 Å². The summed E-state index contributed by atoms with van der Waals surface area (Å²) in [7, 11) is 0. The molecule has 1 heterocycles. The van der Waals surface area contributed by atoms with Gasteiger partial charge in [0.2, 0.25) is 0 Å². The third kappa shape index (κ3) is 6.41. The quantitative estimate of drug-likeness (QED) is 0.669. The predicted molar refractivity (Wildman–Crippen MR) is 77.6 cm³/mol. The zero-order valence-corrected chi connectivity index (χ0v) is 12.1. The van der Waals surface area contributed by atoms with Crippen LogP contribution < -0.4 is 0 Å². The molecule has 0 aromatic heterocycles. The normalized spacial score (nSPS) is 23.2. The molecule has 0 bridgehead atoms. The Morgan fingerprint density at radius 1 is 1.12 bits per heavy atom. The molecule has 3 heteroatoms. The molecule has 1 nitrogen and oxygen atoms in total. The van der Waals surface area contributed by atoms with Gasteiger partial charge in [-0.3, -0.25) is 0 Å². The molecule has 2 unspecified atom stereocenters. The lowest BCUT2D eigenvalue weighted by molar-refractivity contribution is 0.163. The molecule has 1 N–H and O–H groups in total. The second kappa shape index (κ2) is 9.67. The van der Waals surface area contributed by atoms with E-state index >= 15 is 0 Å². The molecule has 1 saturated heterocycles. The highest BCUT2D eigenvalue weighted by Crippen LogP contribution is 2.28. The summed E-state index contributed by atoms with van der Waals surface area (Å²) in [6.45, 7) is 2.25. The van der Waals surface area contributed by atoms with Gasteiger partial charge in [-0.25, -0.2) is 0 Å². The number of aliphatic hydroxyl groups is 1. The highest BCUT2D eigenvalue weighted by atomic mass is 32.2. The lowest BCUT2D eigenvalue weighted by atomic mass is 10.1. The van der Waals surface area contributed by atoms with E-state index < -0.39 is 0 Å². The monoisotopic (exact) mass is 262 g/mol. The first-order valence-electron chi connectivity index (χ1n) is 6.72. The van der Waals surface area contributed by atoms with E-state index in [9.17, 15) is 5.11 Å². The maximum Gasteiger partial charge on any atom is 0.0666 e. The summed E-state index contributed by atoms with van der Waals surface area (Å²) in [6.07, 6.45) is 8.91. The van der Waals surface area contributed by atoms with Gasteiger partial charge in [-0.1, -0.05) is 45.4 Å². The third-order valence-corrected chi connectivity index (χ3v) is 6.03. The maximum absolute atomic E-state index is 10.0. The average molecular weight is 262 g/mol. The van der Waals surface area contributed by atoms with E-state index in [4.69, 9.17) is 0 Å². The van der Waals surface area contributed by atoms with E-state index in [2.05, 4.69) is 6.92 Å². The van der Waals surface area contributed by atoms with Crippen molar-refractivity contribution in [3.63, 3.8) is 0 Å². The van der Waals surface area contributed by atoms with Crippen LogP contribution in [0.5, 0.6) is 0 Å². The standard InChI is InChI=1S/C13H26OS2/c1-2-3-4-5-6-7-8-12(14)13-11-15-9-10-16-13/h12-14H,2-11H2,1H3. The van der Waals surface area contributed by atoms with Gasteiger partial charge in [-0.2, -0.15) is 23.5 Å². The van der Waals surface area contributed by atoms with Crippen LogP contribution in [-0.4, -0.2) is 33.7 Å². The van der Waals surface area contributed by atoms with E-state index in [1.165, 1.54) is 50.0 Å². The minimum Gasteiger partial charge on any atom is -0.392 e. The van der Waals surface area contributed by atoms with Gasteiger partial charge in [-0.15, -0.1) is 0 Å². The predicted octanol–water partition coefficient (Wildman–Crippen LogP) is 3.95. The van der Waals surface area contributed by atoms with Crippen molar-refractivity contribution in [1.29, 1.82) is 0 Å². The molecule has 0 aliphatic carbocycles. The van der Waals surface area contributed by atoms with E-state index in [1.54, 1.807) is 0 Å². The fraction of sp³-hybridized carbons (Fsp3) is 1.00. The zero-order valence-electron chi connectivity index (χ0n) is 10.5. The Morgan fingerprint density at radius 3 is 2.56 bits per heavy atom.